The Morgan fingerprint density at radius 1 is 1.06 bits per heavy atom. The number of aliphatic carboxylic acids is 1. The Balaban J connectivity index is 1.91. The second-order valence-electron chi connectivity index (χ2n) is 8.63. The molecule has 1 aromatic carbocycles. The molecule has 33 heavy (non-hydrogen) atoms. The van der Waals surface area contributed by atoms with Crippen molar-refractivity contribution in [2.75, 3.05) is 6.54 Å². The molecular weight excluding hydrogens is 426 g/mol. The van der Waals surface area contributed by atoms with Gasteiger partial charge in [-0.2, -0.15) is 0 Å². The first kappa shape index (κ1) is 25.6. The molecule has 0 aliphatic carbocycles. The molecule has 1 heterocycles. The number of amides is 2. The van der Waals surface area contributed by atoms with Crippen LogP contribution in [0.5, 0.6) is 0 Å². The van der Waals surface area contributed by atoms with E-state index in [1.54, 1.807) is 33.0 Å². The number of aromatic nitrogens is 1. The minimum absolute atomic E-state index is 0.119. The summed E-state index contributed by atoms with van der Waals surface area (Å²) in [5.74, 6) is -1.93. The normalized spacial score (nSPS) is 12.0. The highest BCUT2D eigenvalue weighted by atomic mass is 16.6. The Morgan fingerprint density at radius 2 is 1.76 bits per heavy atom. The van der Waals surface area contributed by atoms with Crippen LogP contribution >= 0.6 is 0 Å². The second-order valence-corrected chi connectivity index (χ2v) is 8.63. The molecule has 2 rings (SSSR count). The van der Waals surface area contributed by atoms with Gasteiger partial charge in [-0.15, -0.1) is 0 Å². The molecule has 0 spiro atoms. The van der Waals surface area contributed by atoms with Gasteiger partial charge >= 0.3 is 12.1 Å². The van der Waals surface area contributed by atoms with Crippen LogP contribution in [0.2, 0.25) is 0 Å². The predicted molar refractivity (Wildman–Crippen MR) is 123 cm³/mol. The van der Waals surface area contributed by atoms with Gasteiger partial charge in [-0.05, 0) is 57.7 Å². The maximum atomic E-state index is 12.7. The summed E-state index contributed by atoms with van der Waals surface area (Å²) in [5.41, 5.74) is -0.309. The van der Waals surface area contributed by atoms with Gasteiger partial charge in [0, 0.05) is 12.7 Å². The van der Waals surface area contributed by atoms with E-state index in [2.05, 4.69) is 10.6 Å². The lowest BCUT2D eigenvalue weighted by Crippen LogP contribution is -2.43. The molecule has 2 aromatic rings. The number of nitrogens with zero attached hydrogens (tertiary/aromatic N) is 1. The molecule has 0 saturated heterocycles. The number of unbranched alkanes of at least 4 members (excludes halogenated alkanes) is 1. The molecule has 0 bridgehead atoms. The van der Waals surface area contributed by atoms with E-state index < -0.39 is 35.2 Å². The first-order valence-corrected chi connectivity index (χ1v) is 10.8. The van der Waals surface area contributed by atoms with Crippen LogP contribution in [-0.4, -0.2) is 45.8 Å². The third-order valence-electron chi connectivity index (χ3n) is 4.65. The molecule has 0 fully saturated rings. The van der Waals surface area contributed by atoms with E-state index in [0.717, 1.165) is 5.56 Å². The molecule has 0 aliphatic heterocycles. The molecule has 2 amide bonds. The van der Waals surface area contributed by atoms with Crippen molar-refractivity contribution in [3.63, 3.8) is 0 Å². The van der Waals surface area contributed by atoms with Gasteiger partial charge in [0.25, 0.3) is 11.5 Å². The summed E-state index contributed by atoms with van der Waals surface area (Å²) in [4.78, 5) is 48.6. The summed E-state index contributed by atoms with van der Waals surface area (Å²) in [6, 6.07) is 11.1. The maximum absolute atomic E-state index is 12.7. The maximum Gasteiger partial charge on any atom is 0.407 e. The van der Waals surface area contributed by atoms with Crippen LogP contribution in [0.4, 0.5) is 4.79 Å². The van der Waals surface area contributed by atoms with Crippen molar-refractivity contribution in [1.29, 1.82) is 0 Å². The van der Waals surface area contributed by atoms with Crippen LogP contribution in [0, 0.1) is 0 Å². The van der Waals surface area contributed by atoms with Crippen LogP contribution in [0.15, 0.2) is 53.5 Å². The fourth-order valence-corrected chi connectivity index (χ4v) is 3.09. The van der Waals surface area contributed by atoms with E-state index >= 15 is 0 Å². The Bertz CT molecular complexity index is 1010. The van der Waals surface area contributed by atoms with Crippen molar-refractivity contribution in [2.24, 2.45) is 0 Å². The van der Waals surface area contributed by atoms with Crippen molar-refractivity contribution >= 4 is 18.0 Å². The minimum atomic E-state index is -1.19. The number of carboxylic acid groups (broad SMARTS) is 1. The van der Waals surface area contributed by atoms with Crippen LogP contribution in [0.1, 0.15) is 56.0 Å². The zero-order valence-corrected chi connectivity index (χ0v) is 19.2. The molecule has 0 radical (unpaired) electrons. The number of rotatable bonds is 10. The zero-order chi connectivity index (χ0) is 24.4. The van der Waals surface area contributed by atoms with Crippen molar-refractivity contribution in [3.8, 4) is 0 Å². The van der Waals surface area contributed by atoms with E-state index in [9.17, 15) is 24.3 Å². The largest absolute Gasteiger partial charge is 0.480 e. The molecular formula is C24H31N3O6. The van der Waals surface area contributed by atoms with Gasteiger partial charge in [-0.25, -0.2) is 9.59 Å². The molecule has 9 heteroatoms. The lowest BCUT2D eigenvalue weighted by atomic mass is 10.1. The summed E-state index contributed by atoms with van der Waals surface area (Å²) in [6.07, 6.45) is 2.15. The van der Waals surface area contributed by atoms with E-state index in [4.69, 9.17) is 4.74 Å². The molecule has 3 N–H and O–H groups in total. The standard InChI is InChI=1S/C24H31N3O6/c1-24(2,3)33-23(32)25-14-8-7-13-19(22(30)31)26-20(28)18-12-9-15-27(21(18)29)16-17-10-5-4-6-11-17/h4-6,9-12,15,19H,7-8,13-14,16H2,1-3H3,(H,25,32)(H,26,28)(H,30,31)/t19-/m0/s1. The van der Waals surface area contributed by atoms with Crippen LogP contribution < -0.4 is 16.2 Å². The van der Waals surface area contributed by atoms with E-state index in [1.165, 1.54) is 10.6 Å². The first-order valence-electron chi connectivity index (χ1n) is 10.8. The summed E-state index contributed by atoms with van der Waals surface area (Å²) in [7, 11) is 0. The van der Waals surface area contributed by atoms with Gasteiger partial charge in [0.2, 0.25) is 0 Å². The number of ether oxygens (including phenoxy) is 1. The van der Waals surface area contributed by atoms with Crippen molar-refractivity contribution in [1.82, 2.24) is 15.2 Å². The molecule has 0 aliphatic rings. The number of pyridine rings is 1. The average Bonchev–Trinajstić information content (AvgIpc) is 2.73. The molecule has 1 atom stereocenters. The Hall–Kier alpha value is -3.62. The number of carbonyl (C=O) groups is 3. The SMILES string of the molecule is CC(C)(C)OC(=O)NCCCC[C@H](NC(=O)c1cccn(Cc2ccccc2)c1=O)C(=O)O. The number of alkyl carbamates (subject to hydrolysis) is 1. The topological polar surface area (TPSA) is 127 Å². The Morgan fingerprint density at radius 3 is 2.39 bits per heavy atom. The van der Waals surface area contributed by atoms with Crippen molar-refractivity contribution in [2.45, 2.75) is 58.2 Å². The minimum Gasteiger partial charge on any atom is -0.480 e. The van der Waals surface area contributed by atoms with Crippen molar-refractivity contribution in [3.05, 3.63) is 70.1 Å². The number of hydrogen-bond donors (Lipinski definition) is 3. The number of carbonyl (C=O) groups excluding carboxylic acids is 2. The number of hydrogen-bond acceptors (Lipinski definition) is 5. The highest BCUT2D eigenvalue weighted by molar-refractivity contribution is 5.96. The van der Waals surface area contributed by atoms with Gasteiger partial charge in [0.05, 0.1) is 6.54 Å². The molecule has 0 unspecified atom stereocenters. The van der Waals surface area contributed by atoms with E-state index in [-0.39, 0.29) is 12.0 Å². The number of carboxylic acids is 1. The predicted octanol–water partition coefficient (Wildman–Crippen LogP) is 2.77. The average molecular weight is 458 g/mol. The summed E-state index contributed by atoms with van der Waals surface area (Å²) in [5, 5.41) is 14.5. The first-order chi connectivity index (χ1) is 15.6. The van der Waals surface area contributed by atoms with E-state index in [0.29, 0.717) is 25.9 Å². The van der Waals surface area contributed by atoms with Gasteiger partial charge < -0.3 is 25.0 Å². The van der Waals surface area contributed by atoms with Gasteiger partial charge in [-0.3, -0.25) is 9.59 Å². The van der Waals surface area contributed by atoms with Gasteiger partial charge in [0.1, 0.15) is 17.2 Å². The van der Waals surface area contributed by atoms with E-state index in [1.807, 2.05) is 30.3 Å². The summed E-state index contributed by atoms with van der Waals surface area (Å²) >= 11 is 0. The van der Waals surface area contributed by atoms with Crippen LogP contribution in [0.25, 0.3) is 0 Å². The third-order valence-corrected chi connectivity index (χ3v) is 4.65. The van der Waals surface area contributed by atoms with Gasteiger partial charge in [0.15, 0.2) is 0 Å². The summed E-state index contributed by atoms with van der Waals surface area (Å²) in [6.45, 7) is 5.90. The lowest BCUT2D eigenvalue weighted by Gasteiger charge is -2.19. The quantitative estimate of drug-likeness (QED) is 0.471. The Kier molecular flexibility index (Phi) is 9.20. The zero-order valence-electron chi connectivity index (χ0n) is 19.2. The molecule has 178 valence electrons. The Labute approximate surface area is 192 Å². The summed E-state index contributed by atoms with van der Waals surface area (Å²) < 4.78 is 6.54. The number of benzene rings is 1. The molecule has 9 nitrogen and oxygen atoms in total. The highest BCUT2D eigenvalue weighted by Gasteiger charge is 2.22. The van der Waals surface area contributed by atoms with Crippen molar-refractivity contribution < 1.29 is 24.2 Å². The molecule has 0 saturated carbocycles. The van der Waals surface area contributed by atoms with Crippen LogP contribution in [-0.2, 0) is 16.1 Å². The molecule has 1 aromatic heterocycles. The fraction of sp³-hybridized carbons (Fsp3) is 0.417. The number of nitrogens with one attached hydrogen (secondary N) is 2. The fourth-order valence-electron chi connectivity index (χ4n) is 3.09. The van der Waals surface area contributed by atoms with Gasteiger partial charge in [-0.1, -0.05) is 30.3 Å². The smallest absolute Gasteiger partial charge is 0.407 e. The lowest BCUT2D eigenvalue weighted by molar-refractivity contribution is -0.139. The highest BCUT2D eigenvalue weighted by Crippen LogP contribution is 2.07. The second kappa shape index (κ2) is 11.8. The van der Waals surface area contributed by atoms with Crippen LogP contribution in [0.3, 0.4) is 0 Å². The third kappa shape index (κ3) is 8.80. The monoisotopic (exact) mass is 457 g/mol.